The second kappa shape index (κ2) is 4.79. The van der Waals surface area contributed by atoms with Gasteiger partial charge in [0.15, 0.2) is 0 Å². The largest absolute Gasteiger partial charge is 0.383 e. The minimum Gasteiger partial charge on any atom is -0.383 e. The predicted molar refractivity (Wildman–Crippen MR) is 86.0 cm³/mol. The molecule has 23 heavy (non-hydrogen) atoms. The summed E-state index contributed by atoms with van der Waals surface area (Å²) in [7, 11) is 0. The molecule has 0 aliphatic carbocycles. The van der Waals surface area contributed by atoms with E-state index in [1.807, 2.05) is 16.8 Å². The number of fused-ring (bicyclic) bond motifs is 1. The Morgan fingerprint density at radius 2 is 2.13 bits per heavy atom. The number of anilines is 1. The molecule has 7 heteroatoms. The van der Waals surface area contributed by atoms with Crippen LogP contribution in [0.4, 0.5) is 5.82 Å². The molecule has 0 atom stereocenters. The van der Waals surface area contributed by atoms with E-state index in [4.69, 9.17) is 20.1 Å². The number of nitrogens with zero attached hydrogens (tertiary/aromatic N) is 4. The Morgan fingerprint density at radius 1 is 1.35 bits per heavy atom. The number of ether oxygens (including phenoxy) is 1. The molecule has 0 unspecified atom stereocenters. The summed E-state index contributed by atoms with van der Waals surface area (Å²) < 4.78 is 12.8. The highest BCUT2D eigenvalue weighted by Crippen LogP contribution is 2.36. The first-order valence-electron chi connectivity index (χ1n) is 7.67. The van der Waals surface area contributed by atoms with E-state index in [1.54, 1.807) is 6.20 Å². The predicted octanol–water partition coefficient (Wildman–Crippen LogP) is 2.54. The zero-order valence-corrected chi connectivity index (χ0v) is 13.4. The Balaban J connectivity index is 1.89. The van der Waals surface area contributed by atoms with Gasteiger partial charge in [0.2, 0.25) is 0 Å². The Morgan fingerprint density at radius 3 is 2.78 bits per heavy atom. The fourth-order valence-electron chi connectivity index (χ4n) is 2.91. The first-order valence-corrected chi connectivity index (χ1v) is 7.67. The minimum atomic E-state index is -0.106. The summed E-state index contributed by atoms with van der Waals surface area (Å²) >= 11 is 0. The molecule has 0 amide bonds. The van der Waals surface area contributed by atoms with Crippen LogP contribution in [0.25, 0.3) is 22.3 Å². The van der Waals surface area contributed by atoms with Crippen LogP contribution in [0.2, 0.25) is 0 Å². The van der Waals surface area contributed by atoms with Gasteiger partial charge in [-0.2, -0.15) is 5.10 Å². The lowest BCUT2D eigenvalue weighted by Crippen LogP contribution is -2.43. The zero-order chi connectivity index (χ0) is 16.2. The van der Waals surface area contributed by atoms with Crippen molar-refractivity contribution in [2.75, 3.05) is 18.9 Å². The maximum Gasteiger partial charge on any atom is 0.147 e. The Kier molecular flexibility index (Phi) is 2.96. The number of nitrogen functional groups attached to an aromatic ring is 1. The van der Waals surface area contributed by atoms with Crippen LogP contribution < -0.4 is 5.73 Å². The normalized spacial score (nSPS) is 16.9. The van der Waals surface area contributed by atoms with Gasteiger partial charge >= 0.3 is 0 Å². The molecule has 0 spiro atoms. The minimum absolute atomic E-state index is 0.106. The quantitative estimate of drug-likeness (QED) is 0.799. The van der Waals surface area contributed by atoms with E-state index in [0.717, 1.165) is 16.7 Å². The lowest BCUT2D eigenvalue weighted by Gasteiger charge is -2.35. The van der Waals surface area contributed by atoms with Crippen LogP contribution in [-0.2, 0) is 10.2 Å². The average molecular weight is 313 g/mol. The molecular formula is C16H19N5O2. The highest BCUT2D eigenvalue weighted by atomic mass is 16.5. The maximum atomic E-state index is 6.09. The summed E-state index contributed by atoms with van der Waals surface area (Å²) in [6.07, 6.45) is 1.70. The third-order valence-corrected chi connectivity index (χ3v) is 4.33. The molecule has 3 aromatic rings. The van der Waals surface area contributed by atoms with Gasteiger partial charge in [-0.15, -0.1) is 0 Å². The molecule has 0 saturated carbocycles. The van der Waals surface area contributed by atoms with Crippen LogP contribution in [0.5, 0.6) is 0 Å². The van der Waals surface area contributed by atoms with Gasteiger partial charge in [-0.1, -0.05) is 5.16 Å². The third-order valence-electron chi connectivity index (χ3n) is 4.33. The number of hydrogen-bond acceptors (Lipinski definition) is 6. The van der Waals surface area contributed by atoms with Crippen LogP contribution in [0.1, 0.15) is 32.6 Å². The fraction of sp³-hybridized carbons (Fsp3) is 0.438. The first-order chi connectivity index (χ1) is 11.0. The van der Waals surface area contributed by atoms with Crippen molar-refractivity contribution in [2.45, 2.75) is 32.2 Å². The van der Waals surface area contributed by atoms with E-state index in [2.05, 4.69) is 30.9 Å². The van der Waals surface area contributed by atoms with Crippen LogP contribution in [-0.4, -0.2) is 33.1 Å². The van der Waals surface area contributed by atoms with Crippen molar-refractivity contribution < 1.29 is 9.26 Å². The molecule has 1 aliphatic heterocycles. The van der Waals surface area contributed by atoms with Gasteiger partial charge in [0.25, 0.3) is 0 Å². The maximum absolute atomic E-state index is 6.09. The summed E-state index contributed by atoms with van der Waals surface area (Å²) in [4.78, 5) is 4.20. The van der Waals surface area contributed by atoms with Crippen molar-refractivity contribution >= 4 is 16.7 Å². The topological polar surface area (TPSA) is 92.0 Å². The second-order valence-electron chi connectivity index (χ2n) is 6.61. The van der Waals surface area contributed by atoms with E-state index >= 15 is 0 Å². The van der Waals surface area contributed by atoms with Crippen molar-refractivity contribution in [1.82, 2.24) is 19.9 Å². The Labute approximate surface area is 133 Å². The van der Waals surface area contributed by atoms with Crippen molar-refractivity contribution in [3.05, 3.63) is 24.1 Å². The van der Waals surface area contributed by atoms with Crippen LogP contribution >= 0.6 is 0 Å². The van der Waals surface area contributed by atoms with Crippen LogP contribution in [0.3, 0.4) is 0 Å². The first kappa shape index (κ1) is 14.2. The molecule has 1 fully saturated rings. The molecule has 4 rings (SSSR count). The Hall–Kier alpha value is -2.41. The van der Waals surface area contributed by atoms with Gasteiger partial charge in [-0.3, -0.25) is 4.68 Å². The SMILES string of the molecule is CC(C)n1nc(-c2cc(C3(C)COC3)on2)c2c(N)nccc21. The van der Waals surface area contributed by atoms with Gasteiger partial charge in [0.05, 0.1) is 29.5 Å². The molecular weight excluding hydrogens is 294 g/mol. The molecule has 0 radical (unpaired) electrons. The summed E-state index contributed by atoms with van der Waals surface area (Å²) in [6, 6.07) is 4.06. The summed E-state index contributed by atoms with van der Waals surface area (Å²) in [5.74, 6) is 1.26. The number of aromatic nitrogens is 4. The van der Waals surface area contributed by atoms with Gasteiger partial charge in [0, 0.05) is 18.3 Å². The van der Waals surface area contributed by atoms with E-state index < -0.39 is 0 Å². The van der Waals surface area contributed by atoms with Gasteiger partial charge < -0.3 is 15.0 Å². The van der Waals surface area contributed by atoms with E-state index in [1.165, 1.54) is 0 Å². The molecule has 0 bridgehead atoms. The van der Waals surface area contributed by atoms with E-state index in [-0.39, 0.29) is 11.5 Å². The Bertz CT molecular complexity index is 876. The highest BCUT2D eigenvalue weighted by Gasteiger charge is 2.39. The van der Waals surface area contributed by atoms with Gasteiger partial charge in [0.1, 0.15) is 23.0 Å². The second-order valence-corrected chi connectivity index (χ2v) is 6.61. The lowest BCUT2D eigenvalue weighted by atomic mass is 9.85. The fourth-order valence-corrected chi connectivity index (χ4v) is 2.91. The molecule has 4 heterocycles. The summed E-state index contributed by atoms with van der Waals surface area (Å²) in [6.45, 7) is 7.54. The number of rotatable bonds is 3. The third kappa shape index (κ3) is 2.03. The average Bonchev–Trinajstić information content (AvgIpc) is 3.09. The van der Waals surface area contributed by atoms with Crippen molar-refractivity contribution in [1.29, 1.82) is 0 Å². The molecule has 1 aliphatic rings. The number of pyridine rings is 1. The lowest BCUT2D eigenvalue weighted by molar-refractivity contribution is -0.0619. The number of nitrogens with two attached hydrogens (primary N) is 1. The van der Waals surface area contributed by atoms with Gasteiger partial charge in [-0.25, -0.2) is 4.98 Å². The monoisotopic (exact) mass is 313 g/mol. The van der Waals surface area contributed by atoms with Gasteiger partial charge in [-0.05, 0) is 26.8 Å². The molecule has 2 N–H and O–H groups in total. The molecule has 3 aromatic heterocycles. The standard InChI is InChI=1S/C16H19N5O2/c1-9(2)21-11-4-5-18-15(17)13(11)14(19-21)10-6-12(23-20-10)16(3)7-22-8-16/h4-6,9H,7-8H2,1-3H3,(H2,17,18). The highest BCUT2D eigenvalue weighted by molar-refractivity contribution is 5.99. The van der Waals surface area contributed by atoms with Crippen molar-refractivity contribution in [3.63, 3.8) is 0 Å². The molecule has 120 valence electrons. The molecule has 7 nitrogen and oxygen atoms in total. The van der Waals surface area contributed by atoms with Crippen molar-refractivity contribution in [2.24, 2.45) is 0 Å². The smallest absolute Gasteiger partial charge is 0.147 e. The number of hydrogen-bond donors (Lipinski definition) is 1. The van der Waals surface area contributed by atoms with Crippen LogP contribution in [0, 0.1) is 0 Å². The summed E-state index contributed by atoms with van der Waals surface area (Å²) in [5.41, 5.74) is 8.32. The van der Waals surface area contributed by atoms with E-state index in [0.29, 0.717) is 30.4 Å². The van der Waals surface area contributed by atoms with Crippen molar-refractivity contribution in [3.8, 4) is 11.4 Å². The molecule has 1 saturated heterocycles. The molecule has 0 aromatic carbocycles. The van der Waals surface area contributed by atoms with E-state index in [9.17, 15) is 0 Å². The van der Waals surface area contributed by atoms with Crippen LogP contribution in [0.15, 0.2) is 22.9 Å². The summed E-state index contributed by atoms with van der Waals surface area (Å²) in [5, 5.41) is 9.73. The zero-order valence-electron chi connectivity index (χ0n) is 13.4.